The van der Waals surface area contributed by atoms with Crippen LogP contribution in [0.4, 0.5) is 0 Å². The van der Waals surface area contributed by atoms with Gasteiger partial charge in [0.15, 0.2) is 0 Å². The molecular weight excluding hydrogens is 349 g/mol. The molecule has 1 amide bonds. The Balaban J connectivity index is 0.00000104. The van der Waals surface area contributed by atoms with Crippen molar-refractivity contribution < 1.29 is 9.53 Å². The van der Waals surface area contributed by atoms with E-state index in [2.05, 4.69) is 9.80 Å². The highest BCUT2D eigenvalue weighted by Crippen LogP contribution is 2.48. The molecular formula is C17H31Cl2N3O2. The van der Waals surface area contributed by atoms with Gasteiger partial charge in [0.05, 0.1) is 19.1 Å². The Kier molecular flexibility index (Phi) is 7.21. The number of nitrogens with two attached hydrogens (primary N) is 1. The first kappa shape index (κ1) is 20.2. The van der Waals surface area contributed by atoms with Crippen LogP contribution in [0, 0.1) is 23.7 Å². The minimum atomic E-state index is 0. The van der Waals surface area contributed by atoms with Gasteiger partial charge >= 0.3 is 0 Å². The van der Waals surface area contributed by atoms with Crippen LogP contribution < -0.4 is 5.73 Å². The first-order chi connectivity index (χ1) is 10.7. The summed E-state index contributed by atoms with van der Waals surface area (Å²) in [6.07, 6.45) is 4.82. The third-order valence-corrected chi connectivity index (χ3v) is 6.48. The number of amides is 1. The molecule has 2 saturated carbocycles. The molecule has 2 aliphatic carbocycles. The summed E-state index contributed by atoms with van der Waals surface area (Å²) in [6, 6.07) is 0.129. The zero-order valence-corrected chi connectivity index (χ0v) is 15.9. The summed E-state index contributed by atoms with van der Waals surface area (Å²) in [5.41, 5.74) is 6.35. The molecule has 2 aliphatic heterocycles. The van der Waals surface area contributed by atoms with E-state index in [0.29, 0.717) is 23.7 Å². The summed E-state index contributed by atoms with van der Waals surface area (Å²) in [7, 11) is 0. The highest BCUT2D eigenvalue weighted by molar-refractivity contribution is 5.85. The van der Waals surface area contributed by atoms with Crippen molar-refractivity contribution in [1.29, 1.82) is 0 Å². The Bertz CT molecular complexity index is 432. The van der Waals surface area contributed by atoms with Crippen molar-refractivity contribution in [2.45, 2.75) is 31.7 Å². The van der Waals surface area contributed by atoms with Crippen LogP contribution in [0.2, 0.25) is 0 Å². The molecule has 2 bridgehead atoms. The average Bonchev–Trinajstić information content (AvgIpc) is 3.23. The van der Waals surface area contributed by atoms with E-state index in [-0.39, 0.29) is 36.8 Å². The number of ether oxygens (including phenoxy) is 1. The SMILES string of the molecule is Cl.Cl.NC1C2CCC(C2)C1C(=O)N1CCC(CN2CCOCC2)C1. The quantitative estimate of drug-likeness (QED) is 0.804. The van der Waals surface area contributed by atoms with Crippen LogP contribution in [0.1, 0.15) is 25.7 Å². The summed E-state index contributed by atoms with van der Waals surface area (Å²) in [5, 5.41) is 0. The van der Waals surface area contributed by atoms with Gasteiger partial charge in [-0.25, -0.2) is 0 Å². The molecule has 5 atom stereocenters. The average molecular weight is 380 g/mol. The van der Waals surface area contributed by atoms with Crippen LogP contribution in [0.5, 0.6) is 0 Å². The number of rotatable bonds is 3. The third-order valence-electron chi connectivity index (χ3n) is 6.48. The summed E-state index contributed by atoms with van der Waals surface area (Å²) in [5.74, 6) is 2.32. The molecule has 7 heteroatoms. The fourth-order valence-corrected chi connectivity index (χ4v) is 5.24. The zero-order chi connectivity index (χ0) is 15.1. The van der Waals surface area contributed by atoms with Gasteiger partial charge in [-0.1, -0.05) is 0 Å². The van der Waals surface area contributed by atoms with Crippen molar-refractivity contribution in [1.82, 2.24) is 9.80 Å². The topological polar surface area (TPSA) is 58.8 Å². The Hall–Kier alpha value is -0.0700. The van der Waals surface area contributed by atoms with E-state index in [9.17, 15) is 4.79 Å². The molecule has 4 fully saturated rings. The maximum atomic E-state index is 12.9. The lowest BCUT2D eigenvalue weighted by Gasteiger charge is -2.31. The van der Waals surface area contributed by atoms with Crippen LogP contribution in [-0.2, 0) is 9.53 Å². The molecule has 4 rings (SSSR count). The van der Waals surface area contributed by atoms with Crippen LogP contribution >= 0.6 is 24.8 Å². The van der Waals surface area contributed by atoms with Gasteiger partial charge in [0.2, 0.25) is 5.91 Å². The van der Waals surface area contributed by atoms with E-state index >= 15 is 0 Å². The Morgan fingerprint density at radius 2 is 1.75 bits per heavy atom. The predicted octanol–water partition coefficient (Wildman–Crippen LogP) is 1.38. The Morgan fingerprint density at radius 1 is 1.04 bits per heavy atom. The van der Waals surface area contributed by atoms with Crippen molar-refractivity contribution in [3.63, 3.8) is 0 Å². The molecule has 5 nitrogen and oxygen atoms in total. The molecule has 24 heavy (non-hydrogen) atoms. The van der Waals surface area contributed by atoms with Gasteiger partial charge in [0.1, 0.15) is 0 Å². The maximum Gasteiger partial charge on any atom is 0.227 e. The molecule has 2 N–H and O–H groups in total. The van der Waals surface area contributed by atoms with Crippen molar-refractivity contribution in [3.8, 4) is 0 Å². The van der Waals surface area contributed by atoms with Crippen LogP contribution in [0.15, 0.2) is 0 Å². The van der Waals surface area contributed by atoms with E-state index in [1.807, 2.05) is 0 Å². The Morgan fingerprint density at radius 3 is 2.42 bits per heavy atom. The Labute approximate surface area is 157 Å². The van der Waals surface area contributed by atoms with Gasteiger partial charge in [0, 0.05) is 38.8 Å². The monoisotopic (exact) mass is 379 g/mol. The molecule has 0 aromatic carbocycles. The van der Waals surface area contributed by atoms with Crippen molar-refractivity contribution in [2.24, 2.45) is 29.4 Å². The van der Waals surface area contributed by atoms with Gasteiger partial charge in [-0.15, -0.1) is 24.8 Å². The smallest absolute Gasteiger partial charge is 0.227 e. The molecule has 140 valence electrons. The maximum absolute atomic E-state index is 12.9. The lowest BCUT2D eigenvalue weighted by atomic mass is 9.84. The summed E-state index contributed by atoms with van der Waals surface area (Å²) >= 11 is 0. The molecule has 4 aliphatic rings. The highest BCUT2D eigenvalue weighted by Gasteiger charge is 2.50. The fraction of sp³-hybridized carbons (Fsp3) is 0.941. The molecule has 0 radical (unpaired) electrons. The number of morpholine rings is 1. The second-order valence-corrected chi connectivity index (χ2v) is 7.79. The number of hydrogen-bond acceptors (Lipinski definition) is 4. The van der Waals surface area contributed by atoms with E-state index < -0.39 is 0 Å². The third kappa shape index (κ3) is 3.85. The van der Waals surface area contributed by atoms with Gasteiger partial charge in [0.25, 0.3) is 0 Å². The first-order valence-corrected chi connectivity index (χ1v) is 9.07. The van der Waals surface area contributed by atoms with E-state index in [1.165, 1.54) is 19.3 Å². The first-order valence-electron chi connectivity index (χ1n) is 9.07. The van der Waals surface area contributed by atoms with Gasteiger partial charge < -0.3 is 15.4 Å². The normalized spacial score (nSPS) is 38.7. The molecule has 5 unspecified atom stereocenters. The minimum Gasteiger partial charge on any atom is -0.379 e. The van der Waals surface area contributed by atoms with Gasteiger partial charge in [-0.2, -0.15) is 0 Å². The van der Waals surface area contributed by atoms with Crippen LogP contribution in [0.3, 0.4) is 0 Å². The predicted molar refractivity (Wildman–Crippen MR) is 98.7 cm³/mol. The molecule has 0 spiro atoms. The standard InChI is InChI=1S/C17H29N3O2.2ClH/c18-16-14-2-1-13(9-14)15(16)17(21)20-4-3-12(11-20)10-19-5-7-22-8-6-19;;/h12-16H,1-11,18H2;2*1H. The number of halogens is 2. The molecule has 2 heterocycles. The van der Waals surface area contributed by atoms with E-state index in [0.717, 1.165) is 52.4 Å². The molecule has 0 aromatic heterocycles. The number of likely N-dealkylation sites (tertiary alicyclic amines) is 1. The second kappa shape index (κ2) is 8.54. The number of hydrogen-bond donors (Lipinski definition) is 1. The van der Waals surface area contributed by atoms with E-state index in [1.54, 1.807) is 0 Å². The summed E-state index contributed by atoms with van der Waals surface area (Å²) in [6.45, 7) is 6.80. The molecule has 2 saturated heterocycles. The number of carbonyl (C=O) groups is 1. The van der Waals surface area contributed by atoms with Gasteiger partial charge in [-0.3, -0.25) is 9.69 Å². The van der Waals surface area contributed by atoms with Crippen LogP contribution in [-0.4, -0.2) is 67.7 Å². The van der Waals surface area contributed by atoms with Crippen LogP contribution in [0.25, 0.3) is 0 Å². The molecule has 0 aromatic rings. The number of nitrogens with zero attached hydrogens (tertiary/aromatic N) is 2. The number of fused-ring (bicyclic) bond motifs is 2. The summed E-state index contributed by atoms with van der Waals surface area (Å²) in [4.78, 5) is 17.5. The number of carbonyl (C=O) groups excluding carboxylic acids is 1. The van der Waals surface area contributed by atoms with Gasteiger partial charge in [-0.05, 0) is 43.4 Å². The van der Waals surface area contributed by atoms with Crippen molar-refractivity contribution in [3.05, 3.63) is 0 Å². The summed E-state index contributed by atoms with van der Waals surface area (Å²) < 4.78 is 5.41. The zero-order valence-electron chi connectivity index (χ0n) is 14.3. The van der Waals surface area contributed by atoms with Crippen molar-refractivity contribution in [2.75, 3.05) is 45.9 Å². The van der Waals surface area contributed by atoms with E-state index in [4.69, 9.17) is 10.5 Å². The highest BCUT2D eigenvalue weighted by atomic mass is 35.5. The largest absolute Gasteiger partial charge is 0.379 e. The van der Waals surface area contributed by atoms with Crippen molar-refractivity contribution >= 4 is 30.7 Å². The minimum absolute atomic E-state index is 0. The lowest BCUT2D eigenvalue weighted by molar-refractivity contribution is -0.136. The fourth-order valence-electron chi connectivity index (χ4n) is 5.24. The second-order valence-electron chi connectivity index (χ2n) is 7.79. The lowest BCUT2D eigenvalue weighted by Crippen LogP contribution is -2.46.